The molecule has 0 aromatic heterocycles. The number of aliphatic carboxylic acids is 1. The fourth-order valence-corrected chi connectivity index (χ4v) is 1.90. The molecular formula is C13H19NO5. The Kier molecular flexibility index (Phi) is 5.59. The largest absolute Gasteiger partial charge is 0.496 e. The van der Waals surface area contributed by atoms with Crippen LogP contribution in [0, 0.1) is 0 Å². The summed E-state index contributed by atoms with van der Waals surface area (Å²) < 4.78 is 15.6. The lowest BCUT2D eigenvalue weighted by Crippen LogP contribution is -2.17. The minimum Gasteiger partial charge on any atom is -0.496 e. The number of carboxylic acids is 1. The topological polar surface area (TPSA) is 91.0 Å². The van der Waals surface area contributed by atoms with Crippen molar-refractivity contribution in [3.8, 4) is 11.5 Å². The smallest absolute Gasteiger partial charge is 0.305 e. The summed E-state index contributed by atoms with van der Waals surface area (Å²) in [6, 6.07) is 2.84. The highest BCUT2D eigenvalue weighted by atomic mass is 16.5. The molecule has 3 N–H and O–H groups in total. The second-order valence-corrected chi connectivity index (χ2v) is 4.05. The number of benzene rings is 1. The normalized spacial score (nSPS) is 12.0. The number of methoxy groups -OCH3 is 3. The van der Waals surface area contributed by atoms with Gasteiger partial charge in [-0.1, -0.05) is 0 Å². The second kappa shape index (κ2) is 6.96. The van der Waals surface area contributed by atoms with Crippen LogP contribution in [-0.4, -0.2) is 32.4 Å². The Morgan fingerprint density at radius 1 is 1.26 bits per heavy atom. The van der Waals surface area contributed by atoms with Gasteiger partial charge in [0.1, 0.15) is 11.5 Å². The van der Waals surface area contributed by atoms with Crippen molar-refractivity contribution >= 4 is 5.97 Å². The van der Waals surface area contributed by atoms with E-state index < -0.39 is 12.0 Å². The quantitative estimate of drug-likeness (QED) is 0.776. The van der Waals surface area contributed by atoms with Gasteiger partial charge in [0.25, 0.3) is 0 Å². The van der Waals surface area contributed by atoms with Crippen molar-refractivity contribution < 1.29 is 24.1 Å². The standard InChI is InChI=1S/C13H19NO5/c1-17-7-8-4-10(18-2)13(11(5-8)19-3)9(14)6-12(15)16/h4-5,9H,6-7,14H2,1-3H3,(H,15,16). The van der Waals surface area contributed by atoms with Gasteiger partial charge < -0.3 is 25.1 Å². The summed E-state index contributed by atoms with van der Waals surface area (Å²) in [4.78, 5) is 10.8. The van der Waals surface area contributed by atoms with Gasteiger partial charge in [0.05, 0.1) is 32.8 Å². The molecular weight excluding hydrogens is 250 g/mol. The Labute approximate surface area is 112 Å². The fourth-order valence-electron chi connectivity index (χ4n) is 1.90. The molecule has 6 nitrogen and oxygen atoms in total. The van der Waals surface area contributed by atoms with E-state index in [4.69, 9.17) is 25.1 Å². The van der Waals surface area contributed by atoms with E-state index in [9.17, 15) is 4.79 Å². The van der Waals surface area contributed by atoms with Crippen LogP contribution in [0.25, 0.3) is 0 Å². The third-order valence-electron chi connectivity index (χ3n) is 2.68. The molecule has 0 heterocycles. The van der Waals surface area contributed by atoms with Gasteiger partial charge >= 0.3 is 5.97 Å². The van der Waals surface area contributed by atoms with Crippen LogP contribution < -0.4 is 15.2 Å². The van der Waals surface area contributed by atoms with Crippen LogP contribution in [0.3, 0.4) is 0 Å². The lowest BCUT2D eigenvalue weighted by Gasteiger charge is -2.19. The molecule has 0 amide bonds. The number of hydrogen-bond acceptors (Lipinski definition) is 5. The molecule has 6 heteroatoms. The highest BCUT2D eigenvalue weighted by molar-refractivity contribution is 5.68. The zero-order valence-corrected chi connectivity index (χ0v) is 11.3. The lowest BCUT2D eigenvalue weighted by molar-refractivity contribution is -0.137. The molecule has 0 saturated carbocycles. The summed E-state index contributed by atoms with van der Waals surface area (Å²) in [6.07, 6.45) is -0.198. The molecule has 0 fully saturated rings. The zero-order chi connectivity index (χ0) is 14.4. The van der Waals surface area contributed by atoms with Crippen LogP contribution in [-0.2, 0) is 16.1 Å². The maximum atomic E-state index is 10.8. The molecule has 19 heavy (non-hydrogen) atoms. The Bertz CT molecular complexity index is 422. The van der Waals surface area contributed by atoms with Gasteiger partial charge in [-0.25, -0.2) is 0 Å². The number of hydrogen-bond donors (Lipinski definition) is 2. The molecule has 1 atom stereocenters. The van der Waals surface area contributed by atoms with E-state index in [1.165, 1.54) is 14.2 Å². The third-order valence-corrected chi connectivity index (χ3v) is 2.68. The second-order valence-electron chi connectivity index (χ2n) is 4.05. The van der Waals surface area contributed by atoms with E-state index in [1.54, 1.807) is 19.2 Å². The van der Waals surface area contributed by atoms with Gasteiger partial charge in [-0.05, 0) is 17.7 Å². The van der Waals surface area contributed by atoms with Gasteiger partial charge in [0.15, 0.2) is 0 Å². The van der Waals surface area contributed by atoms with E-state index in [0.29, 0.717) is 23.7 Å². The van der Waals surface area contributed by atoms with Crippen molar-refractivity contribution in [1.82, 2.24) is 0 Å². The summed E-state index contributed by atoms with van der Waals surface area (Å²) in [5, 5.41) is 8.83. The molecule has 0 spiro atoms. The molecule has 1 aromatic rings. The monoisotopic (exact) mass is 269 g/mol. The van der Waals surface area contributed by atoms with Gasteiger partial charge in [0.2, 0.25) is 0 Å². The van der Waals surface area contributed by atoms with Crippen LogP contribution >= 0.6 is 0 Å². The van der Waals surface area contributed by atoms with Crippen LogP contribution in [0.4, 0.5) is 0 Å². The summed E-state index contributed by atoms with van der Waals surface area (Å²) in [5.41, 5.74) is 7.31. The first-order chi connectivity index (χ1) is 9.03. The molecule has 0 aliphatic heterocycles. The Hall–Kier alpha value is -1.79. The molecule has 1 aromatic carbocycles. The predicted octanol–water partition coefficient (Wildman–Crippen LogP) is 1.32. The van der Waals surface area contributed by atoms with Crippen molar-refractivity contribution in [2.24, 2.45) is 5.73 Å². The molecule has 0 radical (unpaired) electrons. The Morgan fingerprint density at radius 3 is 2.16 bits per heavy atom. The number of carboxylic acid groups (broad SMARTS) is 1. The fraction of sp³-hybridized carbons (Fsp3) is 0.462. The van der Waals surface area contributed by atoms with E-state index in [1.807, 2.05) is 0 Å². The van der Waals surface area contributed by atoms with Crippen LogP contribution in [0.15, 0.2) is 12.1 Å². The molecule has 0 aliphatic carbocycles. The minimum atomic E-state index is -0.974. The van der Waals surface area contributed by atoms with Gasteiger partial charge in [-0.3, -0.25) is 4.79 Å². The van der Waals surface area contributed by atoms with E-state index in [0.717, 1.165) is 5.56 Å². The van der Waals surface area contributed by atoms with E-state index in [-0.39, 0.29) is 6.42 Å². The summed E-state index contributed by atoms with van der Waals surface area (Å²) in [5.74, 6) is 0.0258. The summed E-state index contributed by atoms with van der Waals surface area (Å²) in [6.45, 7) is 0.404. The van der Waals surface area contributed by atoms with Gasteiger partial charge in [-0.15, -0.1) is 0 Å². The van der Waals surface area contributed by atoms with Crippen molar-refractivity contribution in [2.75, 3.05) is 21.3 Å². The van der Waals surface area contributed by atoms with Crippen LogP contribution in [0.1, 0.15) is 23.6 Å². The average Bonchev–Trinajstić information content (AvgIpc) is 2.36. The number of rotatable bonds is 7. The number of nitrogens with two attached hydrogens (primary N) is 1. The molecule has 0 bridgehead atoms. The Morgan fingerprint density at radius 2 is 1.79 bits per heavy atom. The lowest BCUT2D eigenvalue weighted by atomic mass is 10.00. The molecule has 1 unspecified atom stereocenters. The Balaban J connectivity index is 3.23. The van der Waals surface area contributed by atoms with Gasteiger partial charge in [0, 0.05) is 13.2 Å². The van der Waals surface area contributed by atoms with Crippen molar-refractivity contribution in [3.63, 3.8) is 0 Å². The molecule has 106 valence electrons. The van der Waals surface area contributed by atoms with Gasteiger partial charge in [-0.2, -0.15) is 0 Å². The molecule has 0 aliphatic rings. The number of carbonyl (C=O) groups is 1. The van der Waals surface area contributed by atoms with Crippen molar-refractivity contribution in [3.05, 3.63) is 23.3 Å². The minimum absolute atomic E-state index is 0.198. The third kappa shape index (κ3) is 3.84. The first-order valence-corrected chi connectivity index (χ1v) is 5.74. The average molecular weight is 269 g/mol. The van der Waals surface area contributed by atoms with E-state index in [2.05, 4.69) is 0 Å². The zero-order valence-electron chi connectivity index (χ0n) is 11.3. The van der Waals surface area contributed by atoms with Crippen LogP contribution in [0.2, 0.25) is 0 Å². The maximum absolute atomic E-state index is 10.8. The highest BCUT2D eigenvalue weighted by Gasteiger charge is 2.21. The van der Waals surface area contributed by atoms with Crippen molar-refractivity contribution in [2.45, 2.75) is 19.1 Å². The van der Waals surface area contributed by atoms with Crippen molar-refractivity contribution in [1.29, 1.82) is 0 Å². The molecule has 0 saturated heterocycles. The maximum Gasteiger partial charge on any atom is 0.305 e. The SMILES string of the molecule is COCc1cc(OC)c(C(N)CC(=O)O)c(OC)c1. The highest BCUT2D eigenvalue weighted by Crippen LogP contribution is 2.36. The van der Waals surface area contributed by atoms with E-state index >= 15 is 0 Å². The first kappa shape index (κ1) is 15.3. The number of ether oxygens (including phenoxy) is 3. The first-order valence-electron chi connectivity index (χ1n) is 5.74. The molecule has 1 rings (SSSR count). The van der Waals surface area contributed by atoms with Crippen LogP contribution in [0.5, 0.6) is 11.5 Å². The summed E-state index contributed by atoms with van der Waals surface area (Å²) >= 11 is 0. The summed E-state index contributed by atoms with van der Waals surface area (Å²) in [7, 11) is 4.59. The predicted molar refractivity (Wildman–Crippen MR) is 69.4 cm³/mol.